The molecule has 0 radical (unpaired) electrons. The van der Waals surface area contributed by atoms with Crippen LogP contribution in [0.4, 0.5) is 8.78 Å². The molecule has 4 aliphatic carbocycles. The molecule has 33 heavy (non-hydrogen) atoms. The van der Waals surface area contributed by atoms with Crippen LogP contribution >= 0.6 is 0 Å². The highest BCUT2D eigenvalue weighted by Gasteiger charge is 2.79. The first-order valence-electron chi connectivity index (χ1n) is 11.9. The Morgan fingerprint density at radius 1 is 1.27 bits per heavy atom. The first kappa shape index (κ1) is 23.3. The smallest absolute Gasteiger partial charge is 0.193 e. The number of fused-ring (bicyclic) bond motifs is 7. The van der Waals surface area contributed by atoms with Gasteiger partial charge in [0.05, 0.1) is 12.2 Å². The summed E-state index contributed by atoms with van der Waals surface area (Å²) in [5.41, 5.74) is -6.22. The van der Waals surface area contributed by atoms with Gasteiger partial charge in [0, 0.05) is 16.7 Å². The number of aliphatic hydroxyl groups is 2. The van der Waals surface area contributed by atoms with E-state index >= 15 is 8.78 Å². The van der Waals surface area contributed by atoms with E-state index in [0.29, 0.717) is 6.42 Å². The van der Waals surface area contributed by atoms with Crippen LogP contribution in [0, 0.1) is 22.7 Å². The number of Topliss-reactive ketones (excluding diaryl/α,β-unsaturated/α-hetero) is 1. The molecular formula is C25H32F2O6. The minimum Gasteiger partial charge on any atom is -0.390 e. The van der Waals surface area contributed by atoms with E-state index in [-0.39, 0.29) is 24.8 Å². The maximum atomic E-state index is 17.2. The highest BCUT2D eigenvalue weighted by atomic mass is 19.1. The highest BCUT2D eigenvalue weighted by molar-refractivity contribution is 6.01. The molecule has 1 heterocycles. The van der Waals surface area contributed by atoms with Gasteiger partial charge in [-0.25, -0.2) is 8.78 Å². The lowest BCUT2D eigenvalue weighted by atomic mass is 9.44. The number of allylic oxidation sites excluding steroid dienone is 4. The normalized spacial score (nSPS) is 52.6. The van der Waals surface area contributed by atoms with Gasteiger partial charge >= 0.3 is 0 Å². The fourth-order valence-electron chi connectivity index (χ4n) is 8.00. The molecule has 0 aromatic carbocycles. The number of ketones is 2. The van der Waals surface area contributed by atoms with E-state index < -0.39 is 76.8 Å². The number of halogens is 2. The van der Waals surface area contributed by atoms with Gasteiger partial charge in [0.15, 0.2) is 29.1 Å². The third kappa shape index (κ3) is 2.61. The van der Waals surface area contributed by atoms with Crippen LogP contribution in [0.15, 0.2) is 23.8 Å². The molecule has 0 amide bonds. The summed E-state index contributed by atoms with van der Waals surface area (Å²) in [4.78, 5) is 25.1. The summed E-state index contributed by atoms with van der Waals surface area (Å²) in [5.74, 6) is -2.38. The molecule has 1 saturated heterocycles. The van der Waals surface area contributed by atoms with Crippen LogP contribution in [0.5, 0.6) is 0 Å². The molecular weight excluding hydrogens is 434 g/mol. The van der Waals surface area contributed by atoms with Gasteiger partial charge in [0.25, 0.3) is 0 Å². The number of rotatable bonds is 4. The van der Waals surface area contributed by atoms with Gasteiger partial charge in [-0.05, 0) is 56.3 Å². The van der Waals surface area contributed by atoms with Crippen molar-refractivity contribution in [2.24, 2.45) is 22.7 Å². The van der Waals surface area contributed by atoms with E-state index in [2.05, 4.69) is 0 Å². The lowest BCUT2D eigenvalue weighted by Gasteiger charge is -2.63. The van der Waals surface area contributed by atoms with Crippen molar-refractivity contribution in [3.8, 4) is 0 Å². The van der Waals surface area contributed by atoms with E-state index in [1.165, 1.54) is 12.2 Å². The number of hydrogen-bond donors (Lipinski definition) is 2. The Hall–Kier alpha value is -1.48. The molecule has 0 spiro atoms. The minimum atomic E-state index is -2.23. The van der Waals surface area contributed by atoms with Gasteiger partial charge in [-0.3, -0.25) is 9.59 Å². The Morgan fingerprint density at radius 3 is 2.67 bits per heavy atom. The number of carbonyl (C=O) groups is 2. The van der Waals surface area contributed by atoms with Crippen molar-refractivity contribution in [2.45, 2.75) is 88.8 Å². The molecule has 10 atom stereocenters. The Bertz CT molecular complexity index is 949. The van der Waals surface area contributed by atoms with Crippen LogP contribution in [0.25, 0.3) is 0 Å². The van der Waals surface area contributed by atoms with Crippen LogP contribution < -0.4 is 0 Å². The third-order valence-corrected chi connectivity index (χ3v) is 9.50. The summed E-state index contributed by atoms with van der Waals surface area (Å²) >= 11 is 0. The molecule has 1 aliphatic heterocycles. The average molecular weight is 467 g/mol. The fourth-order valence-corrected chi connectivity index (χ4v) is 8.00. The van der Waals surface area contributed by atoms with Gasteiger partial charge < -0.3 is 19.7 Å². The van der Waals surface area contributed by atoms with Gasteiger partial charge in [-0.1, -0.05) is 26.3 Å². The maximum Gasteiger partial charge on any atom is 0.193 e. The van der Waals surface area contributed by atoms with Crippen molar-refractivity contribution >= 4 is 11.6 Å². The molecule has 3 saturated carbocycles. The highest BCUT2D eigenvalue weighted by Crippen LogP contribution is 2.72. The molecule has 182 valence electrons. The van der Waals surface area contributed by atoms with Crippen LogP contribution in [-0.4, -0.2) is 64.3 Å². The topological polar surface area (TPSA) is 93.1 Å². The van der Waals surface area contributed by atoms with Gasteiger partial charge in [-0.15, -0.1) is 0 Å². The van der Waals surface area contributed by atoms with Crippen LogP contribution in [0.1, 0.15) is 52.9 Å². The zero-order valence-electron chi connectivity index (χ0n) is 19.2. The van der Waals surface area contributed by atoms with Gasteiger partial charge in [0.2, 0.25) is 0 Å². The van der Waals surface area contributed by atoms with Crippen molar-refractivity contribution < 1.29 is 38.1 Å². The number of aliphatic hydroxyl groups excluding tert-OH is 2. The first-order valence-corrected chi connectivity index (χ1v) is 11.9. The molecule has 0 bridgehead atoms. The number of carbonyl (C=O) groups excluding carboxylic acids is 2. The molecule has 1 unspecified atom stereocenters. The molecule has 4 fully saturated rings. The Balaban J connectivity index is 1.62. The molecule has 5 aliphatic rings. The lowest BCUT2D eigenvalue weighted by Crippen LogP contribution is -2.70. The molecule has 0 aromatic rings. The lowest BCUT2D eigenvalue weighted by molar-refractivity contribution is -0.234. The first-order chi connectivity index (χ1) is 15.5. The summed E-state index contributed by atoms with van der Waals surface area (Å²) in [6.07, 6.45) is 0.682. The third-order valence-electron chi connectivity index (χ3n) is 9.50. The van der Waals surface area contributed by atoms with Crippen LogP contribution in [0.2, 0.25) is 0 Å². The van der Waals surface area contributed by atoms with E-state index in [1.54, 1.807) is 13.8 Å². The number of hydrogen-bond acceptors (Lipinski definition) is 6. The fraction of sp³-hybridized carbons (Fsp3) is 0.760. The van der Waals surface area contributed by atoms with Crippen LogP contribution in [0.3, 0.4) is 0 Å². The van der Waals surface area contributed by atoms with Crippen molar-refractivity contribution in [3.63, 3.8) is 0 Å². The number of alkyl halides is 2. The summed E-state index contributed by atoms with van der Waals surface area (Å²) in [6.45, 7) is 4.53. The largest absolute Gasteiger partial charge is 0.390 e. The zero-order valence-corrected chi connectivity index (χ0v) is 19.2. The predicted molar refractivity (Wildman–Crippen MR) is 113 cm³/mol. The van der Waals surface area contributed by atoms with E-state index in [9.17, 15) is 19.8 Å². The second kappa shape index (κ2) is 7.26. The van der Waals surface area contributed by atoms with E-state index in [4.69, 9.17) is 9.47 Å². The molecule has 5 rings (SSSR count). The van der Waals surface area contributed by atoms with E-state index in [0.717, 1.165) is 12.5 Å². The Kier molecular flexibility index (Phi) is 5.12. The summed E-state index contributed by atoms with van der Waals surface area (Å²) < 4.78 is 45.0. The number of ether oxygens (including phenoxy) is 2. The predicted octanol–water partition coefficient (Wildman–Crippen LogP) is 2.76. The zero-order chi connectivity index (χ0) is 24.0. The molecule has 6 nitrogen and oxygen atoms in total. The van der Waals surface area contributed by atoms with Crippen LogP contribution in [-0.2, 0) is 19.1 Å². The monoisotopic (exact) mass is 466 g/mol. The van der Waals surface area contributed by atoms with E-state index in [1.807, 2.05) is 6.92 Å². The summed E-state index contributed by atoms with van der Waals surface area (Å²) in [7, 11) is 0. The standard InChI is InChI=1S/C25H32F2O6/c1-4-5-21-32-20-10-14-15-9-17(26)16-8-13(29)6-7-22(16,2)24(15,27)18(30)11-23(14,3)25(20,33-21)19(31)12-28/h6-8,14-15,17-18,20-21,28,30H,4-5,9-12H2,1-3H3/t14-,15?,17-,18-,20+,21+,22-,23-,24-,25+/m0/s1. The minimum absolute atomic E-state index is 0.0613. The summed E-state index contributed by atoms with van der Waals surface area (Å²) in [6, 6.07) is 0. The van der Waals surface area contributed by atoms with Gasteiger partial charge in [0.1, 0.15) is 12.8 Å². The van der Waals surface area contributed by atoms with Crippen molar-refractivity contribution in [1.82, 2.24) is 0 Å². The Morgan fingerprint density at radius 2 is 2.00 bits per heavy atom. The average Bonchev–Trinajstić information content (AvgIpc) is 3.24. The molecule has 0 aromatic heterocycles. The van der Waals surface area contributed by atoms with Crippen molar-refractivity contribution in [1.29, 1.82) is 0 Å². The SMILES string of the molecule is CCC[C@@H]1O[C@@H]2C[C@H]3C4C[C@H](F)C5=CC(=O)C=C[C@]5(C)[C@@]4(F)[C@@H](O)C[C@]3(C)[C@]2(C(=O)CO)O1. The maximum absolute atomic E-state index is 17.2. The molecule has 2 N–H and O–H groups in total. The Labute approximate surface area is 192 Å². The second-order valence-corrected chi connectivity index (χ2v) is 10.9. The van der Waals surface area contributed by atoms with Crippen molar-refractivity contribution in [3.05, 3.63) is 23.8 Å². The molecule has 8 heteroatoms. The quantitative estimate of drug-likeness (QED) is 0.662. The van der Waals surface area contributed by atoms with Gasteiger partial charge in [-0.2, -0.15) is 0 Å². The van der Waals surface area contributed by atoms with Crippen molar-refractivity contribution in [2.75, 3.05) is 6.61 Å². The second-order valence-electron chi connectivity index (χ2n) is 10.9. The summed E-state index contributed by atoms with van der Waals surface area (Å²) in [5, 5.41) is 21.2.